The van der Waals surface area contributed by atoms with Gasteiger partial charge in [-0.05, 0) is 25.0 Å². The van der Waals surface area contributed by atoms with E-state index in [2.05, 4.69) is 57.3 Å². The Bertz CT molecular complexity index is 175. The summed E-state index contributed by atoms with van der Waals surface area (Å²) in [6, 6.07) is 0. The van der Waals surface area contributed by atoms with Gasteiger partial charge in [0, 0.05) is 10.00 Å². The molecule has 1 heterocycles. The lowest BCUT2D eigenvalue weighted by atomic mass is 10.1. The lowest BCUT2D eigenvalue weighted by Gasteiger charge is -2.23. The lowest BCUT2D eigenvalue weighted by molar-refractivity contribution is 0.680. The second-order valence-electron chi connectivity index (χ2n) is 3.97. The van der Waals surface area contributed by atoms with Crippen LogP contribution in [-0.4, -0.2) is 15.7 Å². The molecule has 0 radical (unpaired) electrons. The van der Waals surface area contributed by atoms with Gasteiger partial charge in [0.1, 0.15) is 0 Å². The molecule has 2 heteroatoms. The van der Waals surface area contributed by atoms with Crippen LogP contribution in [0.3, 0.4) is 0 Å². The summed E-state index contributed by atoms with van der Waals surface area (Å²) in [6.07, 6.45) is 5.90. The summed E-state index contributed by atoms with van der Waals surface area (Å²) in [7, 11) is 0. The predicted octanol–water partition coefficient (Wildman–Crippen LogP) is 3.39. The van der Waals surface area contributed by atoms with Crippen molar-refractivity contribution in [1.29, 1.82) is 0 Å². The molecular weight excluding hydrogens is 184 g/mol. The molecule has 0 aromatic heterocycles. The Hall–Kier alpha value is 0.440. The fourth-order valence-corrected chi connectivity index (χ4v) is 3.45. The maximum atomic E-state index is 4.28. The molecule has 0 fully saturated rings. The van der Waals surface area contributed by atoms with E-state index in [1.54, 1.807) is 0 Å². The van der Waals surface area contributed by atoms with Gasteiger partial charge in [-0.2, -0.15) is 12.6 Å². The van der Waals surface area contributed by atoms with Gasteiger partial charge in [-0.1, -0.05) is 26.0 Å². The van der Waals surface area contributed by atoms with Gasteiger partial charge in [0.25, 0.3) is 0 Å². The van der Waals surface area contributed by atoms with Crippen molar-refractivity contribution in [3.05, 3.63) is 12.2 Å². The van der Waals surface area contributed by atoms with Gasteiger partial charge in [-0.3, -0.25) is 0 Å². The molecule has 1 aliphatic rings. The third kappa shape index (κ3) is 2.46. The Morgan fingerprint density at radius 3 is 2.67 bits per heavy atom. The number of hydrogen-bond donors (Lipinski definition) is 1. The summed E-state index contributed by atoms with van der Waals surface area (Å²) in [4.78, 5) is 0. The number of thiol groups is 1. The van der Waals surface area contributed by atoms with Gasteiger partial charge in [0.2, 0.25) is 0 Å². The number of hydrogen-bond acceptors (Lipinski definition) is 2. The van der Waals surface area contributed by atoms with E-state index >= 15 is 0 Å². The van der Waals surface area contributed by atoms with Crippen LogP contribution >= 0.6 is 24.4 Å². The van der Waals surface area contributed by atoms with Crippen molar-refractivity contribution in [3.63, 3.8) is 0 Å². The third-order valence-electron chi connectivity index (χ3n) is 2.31. The molecule has 70 valence electrons. The smallest absolute Gasteiger partial charge is 0.0324 e. The van der Waals surface area contributed by atoms with E-state index in [4.69, 9.17) is 0 Å². The first-order valence-electron chi connectivity index (χ1n) is 4.55. The van der Waals surface area contributed by atoms with Crippen LogP contribution in [0.2, 0.25) is 0 Å². The van der Waals surface area contributed by atoms with E-state index in [0.29, 0.717) is 4.75 Å². The zero-order valence-electron chi connectivity index (χ0n) is 8.08. The highest BCUT2D eigenvalue weighted by Gasteiger charge is 2.31. The van der Waals surface area contributed by atoms with Gasteiger partial charge in [-0.25, -0.2) is 0 Å². The lowest BCUT2D eigenvalue weighted by Crippen LogP contribution is -2.17. The summed E-state index contributed by atoms with van der Waals surface area (Å²) >= 11 is 6.37. The van der Waals surface area contributed by atoms with Crippen LogP contribution in [0.4, 0.5) is 0 Å². The molecule has 0 bridgehead atoms. The Kier molecular flexibility index (Phi) is 3.59. The first-order chi connectivity index (χ1) is 5.57. The van der Waals surface area contributed by atoms with Crippen molar-refractivity contribution < 1.29 is 0 Å². The highest BCUT2D eigenvalue weighted by atomic mass is 32.2. The molecule has 0 saturated carbocycles. The normalized spacial score (nSPS) is 34.9. The average Bonchev–Trinajstić information content (AvgIpc) is 2.33. The van der Waals surface area contributed by atoms with Crippen molar-refractivity contribution in [2.75, 3.05) is 5.75 Å². The first kappa shape index (κ1) is 10.5. The van der Waals surface area contributed by atoms with Gasteiger partial charge in [-0.15, -0.1) is 11.8 Å². The summed E-state index contributed by atoms with van der Waals surface area (Å²) in [5.41, 5.74) is 0. The topological polar surface area (TPSA) is 0 Å². The summed E-state index contributed by atoms with van der Waals surface area (Å²) in [6.45, 7) is 6.88. The maximum absolute atomic E-state index is 4.28. The van der Waals surface area contributed by atoms with E-state index < -0.39 is 0 Å². The molecule has 1 aliphatic heterocycles. The Morgan fingerprint density at radius 1 is 1.58 bits per heavy atom. The molecular formula is C10H18S2. The van der Waals surface area contributed by atoms with Crippen molar-refractivity contribution in [2.45, 2.75) is 37.2 Å². The summed E-state index contributed by atoms with van der Waals surface area (Å²) in [5.74, 6) is 1.74. The molecule has 0 aliphatic carbocycles. The molecule has 2 atom stereocenters. The van der Waals surface area contributed by atoms with E-state index in [-0.39, 0.29) is 0 Å². The second-order valence-corrected chi connectivity index (χ2v) is 6.13. The van der Waals surface area contributed by atoms with Crippen LogP contribution in [0.25, 0.3) is 0 Å². The van der Waals surface area contributed by atoms with Crippen LogP contribution in [0, 0.1) is 5.92 Å². The van der Waals surface area contributed by atoms with E-state index in [1.165, 1.54) is 6.42 Å². The number of thioether (sulfide) groups is 1. The minimum atomic E-state index is 0.358. The second kappa shape index (κ2) is 4.10. The van der Waals surface area contributed by atoms with Crippen LogP contribution in [0.15, 0.2) is 12.2 Å². The highest BCUT2D eigenvalue weighted by Crippen LogP contribution is 2.42. The third-order valence-corrected chi connectivity index (χ3v) is 4.38. The van der Waals surface area contributed by atoms with E-state index in [1.807, 2.05) is 0 Å². The van der Waals surface area contributed by atoms with Crippen LogP contribution in [-0.2, 0) is 0 Å². The SMILES string of the molecule is CC(C)C1C=CC(C)(CCS)S1. The molecule has 1 rings (SSSR count). The van der Waals surface area contributed by atoms with Gasteiger partial charge >= 0.3 is 0 Å². The Balaban J connectivity index is 2.50. The monoisotopic (exact) mass is 202 g/mol. The van der Waals surface area contributed by atoms with E-state index in [9.17, 15) is 0 Å². The minimum Gasteiger partial charge on any atom is -0.179 e. The van der Waals surface area contributed by atoms with Crippen molar-refractivity contribution >= 4 is 24.4 Å². The summed E-state index contributed by atoms with van der Waals surface area (Å²) in [5, 5.41) is 0.717. The standard InChI is InChI=1S/C10H18S2/c1-8(2)9-4-5-10(3,12-9)6-7-11/h4-5,8-9,11H,6-7H2,1-3H3. The molecule has 0 N–H and O–H groups in total. The van der Waals surface area contributed by atoms with Gasteiger partial charge < -0.3 is 0 Å². The fourth-order valence-electron chi connectivity index (χ4n) is 1.41. The van der Waals surface area contributed by atoms with Gasteiger partial charge in [0.15, 0.2) is 0 Å². The van der Waals surface area contributed by atoms with Crippen molar-refractivity contribution in [2.24, 2.45) is 5.92 Å². The quantitative estimate of drug-likeness (QED) is 0.541. The largest absolute Gasteiger partial charge is 0.179 e. The molecule has 12 heavy (non-hydrogen) atoms. The predicted molar refractivity (Wildman–Crippen MR) is 62.2 cm³/mol. The zero-order valence-corrected chi connectivity index (χ0v) is 9.79. The Labute approximate surface area is 85.6 Å². The van der Waals surface area contributed by atoms with Crippen LogP contribution in [0.1, 0.15) is 27.2 Å². The van der Waals surface area contributed by atoms with Crippen LogP contribution in [0.5, 0.6) is 0 Å². The summed E-state index contributed by atoms with van der Waals surface area (Å²) < 4.78 is 0.358. The maximum Gasteiger partial charge on any atom is 0.0324 e. The zero-order chi connectivity index (χ0) is 9.19. The van der Waals surface area contributed by atoms with Crippen molar-refractivity contribution in [1.82, 2.24) is 0 Å². The highest BCUT2D eigenvalue weighted by molar-refractivity contribution is 8.01. The molecule has 0 aromatic rings. The number of rotatable bonds is 3. The molecule has 0 aromatic carbocycles. The molecule has 0 spiro atoms. The molecule has 0 amide bonds. The van der Waals surface area contributed by atoms with Crippen LogP contribution < -0.4 is 0 Å². The molecule has 2 unspecified atom stereocenters. The molecule has 0 nitrogen and oxygen atoms in total. The van der Waals surface area contributed by atoms with Gasteiger partial charge in [0.05, 0.1) is 0 Å². The fraction of sp³-hybridized carbons (Fsp3) is 0.800. The first-order valence-corrected chi connectivity index (χ1v) is 6.07. The van der Waals surface area contributed by atoms with E-state index in [0.717, 1.165) is 16.9 Å². The average molecular weight is 202 g/mol. The minimum absolute atomic E-state index is 0.358. The van der Waals surface area contributed by atoms with Crippen molar-refractivity contribution in [3.8, 4) is 0 Å². The molecule has 0 saturated heterocycles. The Morgan fingerprint density at radius 2 is 2.25 bits per heavy atom.